The van der Waals surface area contributed by atoms with E-state index in [2.05, 4.69) is 22.7 Å². The molecular weight excluding hydrogens is 284 g/mol. The van der Waals surface area contributed by atoms with E-state index < -0.39 is 0 Å². The van der Waals surface area contributed by atoms with Crippen molar-refractivity contribution in [2.24, 2.45) is 5.84 Å². The van der Waals surface area contributed by atoms with Gasteiger partial charge in [0.1, 0.15) is 5.82 Å². The molecule has 0 aliphatic carbocycles. The Balaban J connectivity index is 2.19. The van der Waals surface area contributed by atoms with Crippen LogP contribution in [0.3, 0.4) is 0 Å². The Kier molecular flexibility index (Phi) is 5.30. The number of aromatic nitrogens is 1. The molecule has 0 aliphatic heterocycles. The number of hydrogen-bond donors (Lipinski definition) is 3. The molecule has 21 heavy (non-hydrogen) atoms. The van der Waals surface area contributed by atoms with Gasteiger partial charge >= 0.3 is 0 Å². The van der Waals surface area contributed by atoms with Crippen molar-refractivity contribution in [1.82, 2.24) is 10.3 Å². The van der Waals surface area contributed by atoms with Gasteiger partial charge in [0.15, 0.2) is 0 Å². The summed E-state index contributed by atoms with van der Waals surface area (Å²) < 4.78 is 0. The van der Waals surface area contributed by atoms with Gasteiger partial charge < -0.3 is 10.7 Å². The maximum atomic E-state index is 12.4. The highest BCUT2D eigenvalue weighted by Crippen LogP contribution is 2.22. The van der Waals surface area contributed by atoms with Gasteiger partial charge in [-0.25, -0.2) is 10.8 Å². The standard InChI is InChI=1S/C15H20N4OS/c1-3-11-8-10(9-14(17-11)19-16)15(20)18-12(4-2)13-6-5-7-21-13/h5-9,12H,3-4,16H2,1-2H3,(H,17,19)(H,18,20). The van der Waals surface area contributed by atoms with Crippen LogP contribution in [0.1, 0.15) is 47.2 Å². The number of aryl methyl sites for hydroxylation is 1. The molecule has 0 aromatic carbocycles. The van der Waals surface area contributed by atoms with Gasteiger partial charge in [0.2, 0.25) is 0 Å². The molecule has 1 amide bonds. The highest BCUT2D eigenvalue weighted by molar-refractivity contribution is 7.10. The lowest BCUT2D eigenvalue weighted by atomic mass is 10.1. The highest BCUT2D eigenvalue weighted by Gasteiger charge is 2.16. The Bertz CT molecular complexity index is 575. The average Bonchev–Trinajstić information content (AvgIpc) is 3.05. The molecule has 0 aliphatic rings. The van der Waals surface area contributed by atoms with Crippen molar-refractivity contribution in [2.75, 3.05) is 5.43 Å². The molecule has 2 aromatic rings. The Morgan fingerprint density at radius 3 is 2.81 bits per heavy atom. The number of carbonyl (C=O) groups excluding carboxylic acids is 1. The van der Waals surface area contributed by atoms with Crippen molar-refractivity contribution in [3.8, 4) is 0 Å². The number of hydrazine groups is 1. The van der Waals surface area contributed by atoms with Crippen molar-refractivity contribution in [1.29, 1.82) is 0 Å². The monoisotopic (exact) mass is 304 g/mol. The van der Waals surface area contributed by atoms with E-state index in [1.165, 1.54) is 0 Å². The van der Waals surface area contributed by atoms with E-state index in [1.807, 2.05) is 24.4 Å². The molecule has 1 atom stereocenters. The van der Waals surface area contributed by atoms with Crippen LogP contribution in [-0.2, 0) is 6.42 Å². The fourth-order valence-corrected chi connectivity index (χ4v) is 2.94. The Morgan fingerprint density at radius 1 is 1.43 bits per heavy atom. The number of nitrogens with zero attached hydrogens (tertiary/aromatic N) is 1. The molecule has 0 spiro atoms. The van der Waals surface area contributed by atoms with E-state index in [4.69, 9.17) is 5.84 Å². The van der Waals surface area contributed by atoms with Crippen LogP contribution in [0, 0.1) is 0 Å². The molecule has 4 N–H and O–H groups in total. The molecule has 6 heteroatoms. The zero-order valence-electron chi connectivity index (χ0n) is 12.2. The second-order valence-corrected chi connectivity index (χ2v) is 5.66. The summed E-state index contributed by atoms with van der Waals surface area (Å²) >= 11 is 1.65. The number of nitrogens with one attached hydrogen (secondary N) is 2. The fraction of sp³-hybridized carbons (Fsp3) is 0.333. The molecule has 2 heterocycles. The van der Waals surface area contributed by atoms with Gasteiger partial charge in [-0.2, -0.15) is 0 Å². The highest BCUT2D eigenvalue weighted by atomic mass is 32.1. The molecule has 1 unspecified atom stereocenters. The quantitative estimate of drug-likeness (QED) is 0.566. The second kappa shape index (κ2) is 7.19. The topological polar surface area (TPSA) is 80.0 Å². The van der Waals surface area contributed by atoms with Gasteiger partial charge in [0, 0.05) is 16.1 Å². The number of hydrogen-bond acceptors (Lipinski definition) is 5. The number of carbonyl (C=O) groups is 1. The second-order valence-electron chi connectivity index (χ2n) is 4.68. The minimum atomic E-state index is -0.108. The van der Waals surface area contributed by atoms with Crippen molar-refractivity contribution in [3.63, 3.8) is 0 Å². The van der Waals surface area contributed by atoms with Crippen molar-refractivity contribution < 1.29 is 4.79 Å². The number of thiophene rings is 1. The predicted molar refractivity (Wildman–Crippen MR) is 86.2 cm³/mol. The molecule has 112 valence electrons. The third-order valence-corrected chi connectivity index (χ3v) is 4.24. The van der Waals surface area contributed by atoms with Gasteiger partial charge in [-0.1, -0.05) is 19.9 Å². The van der Waals surface area contributed by atoms with E-state index in [1.54, 1.807) is 23.5 Å². The SMILES string of the molecule is CCc1cc(C(=O)NC(CC)c2cccs2)cc(NN)n1. The third-order valence-electron chi connectivity index (χ3n) is 3.25. The lowest BCUT2D eigenvalue weighted by Gasteiger charge is -2.16. The first-order valence-electron chi connectivity index (χ1n) is 6.99. The lowest BCUT2D eigenvalue weighted by Crippen LogP contribution is -2.28. The van der Waals surface area contributed by atoms with Crippen LogP contribution in [-0.4, -0.2) is 10.9 Å². The number of rotatable bonds is 6. The summed E-state index contributed by atoms with van der Waals surface area (Å²) in [5, 5.41) is 5.08. The zero-order valence-corrected chi connectivity index (χ0v) is 13.0. The van der Waals surface area contributed by atoms with Crippen LogP contribution in [0.25, 0.3) is 0 Å². The maximum Gasteiger partial charge on any atom is 0.251 e. The van der Waals surface area contributed by atoms with Crippen LogP contribution < -0.4 is 16.6 Å². The molecule has 0 radical (unpaired) electrons. The summed E-state index contributed by atoms with van der Waals surface area (Å²) in [6.45, 7) is 4.05. The number of pyridine rings is 1. The molecule has 2 aromatic heterocycles. The van der Waals surface area contributed by atoms with Gasteiger partial charge in [-0.3, -0.25) is 4.79 Å². The smallest absolute Gasteiger partial charge is 0.251 e. The van der Waals surface area contributed by atoms with Gasteiger partial charge in [-0.05, 0) is 36.4 Å². The number of amides is 1. The molecular formula is C15H20N4OS. The molecule has 5 nitrogen and oxygen atoms in total. The molecule has 2 rings (SSSR count). The normalized spacial score (nSPS) is 12.0. The Hall–Kier alpha value is -1.92. The van der Waals surface area contributed by atoms with Crippen molar-refractivity contribution >= 4 is 23.1 Å². The van der Waals surface area contributed by atoms with E-state index >= 15 is 0 Å². The molecule has 0 saturated carbocycles. The largest absolute Gasteiger partial charge is 0.344 e. The van der Waals surface area contributed by atoms with Gasteiger partial charge in [0.05, 0.1) is 6.04 Å². The first-order valence-corrected chi connectivity index (χ1v) is 7.87. The summed E-state index contributed by atoms with van der Waals surface area (Å²) in [6.07, 6.45) is 1.60. The summed E-state index contributed by atoms with van der Waals surface area (Å²) in [5.74, 6) is 5.80. The summed E-state index contributed by atoms with van der Waals surface area (Å²) in [7, 11) is 0. The molecule has 0 saturated heterocycles. The van der Waals surface area contributed by atoms with Crippen LogP contribution in [0.2, 0.25) is 0 Å². The minimum absolute atomic E-state index is 0.0324. The van der Waals surface area contributed by atoms with Crippen LogP contribution in [0.4, 0.5) is 5.82 Å². The minimum Gasteiger partial charge on any atom is -0.344 e. The Morgan fingerprint density at radius 2 is 2.24 bits per heavy atom. The summed E-state index contributed by atoms with van der Waals surface area (Å²) in [4.78, 5) is 17.9. The van der Waals surface area contributed by atoms with Crippen LogP contribution in [0.5, 0.6) is 0 Å². The summed E-state index contributed by atoms with van der Waals surface area (Å²) in [5.41, 5.74) is 3.91. The average molecular weight is 304 g/mol. The molecule has 0 fully saturated rings. The summed E-state index contributed by atoms with van der Waals surface area (Å²) in [6, 6.07) is 7.53. The van der Waals surface area contributed by atoms with Gasteiger partial charge in [0.25, 0.3) is 5.91 Å². The fourth-order valence-electron chi connectivity index (χ4n) is 2.08. The Labute approximate surface area is 128 Å². The number of nitrogens with two attached hydrogens (primary N) is 1. The third kappa shape index (κ3) is 3.80. The van der Waals surface area contributed by atoms with Crippen LogP contribution in [0.15, 0.2) is 29.6 Å². The number of anilines is 1. The zero-order chi connectivity index (χ0) is 15.2. The van der Waals surface area contributed by atoms with E-state index in [0.717, 1.165) is 23.4 Å². The number of nitrogen functional groups attached to an aromatic ring is 1. The molecule has 0 bridgehead atoms. The maximum absolute atomic E-state index is 12.4. The first kappa shape index (κ1) is 15.5. The van der Waals surface area contributed by atoms with Crippen LogP contribution >= 0.6 is 11.3 Å². The van der Waals surface area contributed by atoms with Gasteiger partial charge in [-0.15, -0.1) is 11.3 Å². The van der Waals surface area contributed by atoms with E-state index in [9.17, 15) is 4.79 Å². The van der Waals surface area contributed by atoms with Crippen molar-refractivity contribution in [3.05, 3.63) is 45.8 Å². The predicted octanol–water partition coefficient (Wildman–Crippen LogP) is 2.87. The van der Waals surface area contributed by atoms with Crippen molar-refractivity contribution in [2.45, 2.75) is 32.7 Å². The van der Waals surface area contributed by atoms with E-state index in [0.29, 0.717) is 11.4 Å². The lowest BCUT2D eigenvalue weighted by molar-refractivity contribution is 0.0936. The first-order chi connectivity index (χ1) is 10.2. The van der Waals surface area contributed by atoms with E-state index in [-0.39, 0.29) is 11.9 Å².